The Morgan fingerprint density at radius 2 is 0.890 bits per heavy atom. The molecule has 15 heteroatoms. The number of nitriles is 5. The Labute approximate surface area is 427 Å². The van der Waals surface area contributed by atoms with Crippen LogP contribution in [0.1, 0.15) is 151 Å². The highest BCUT2D eigenvalue weighted by atomic mass is 16.6. The molecule has 5 aliphatic carbocycles. The number of ketones is 1. The Hall–Kier alpha value is -8.04. The van der Waals surface area contributed by atoms with E-state index in [0.717, 1.165) is 130 Å². The lowest BCUT2D eigenvalue weighted by Crippen LogP contribution is -2.30. The second-order valence-electron chi connectivity index (χ2n) is 17.6. The van der Waals surface area contributed by atoms with Crippen molar-refractivity contribution in [2.45, 2.75) is 95.3 Å². The number of methoxy groups -OCH3 is 2. The number of Topliss-reactive ketones (excluding diaryl/α,β-unsaturated/α-hetero) is 1. The van der Waals surface area contributed by atoms with Gasteiger partial charge in [0, 0.05) is 44.3 Å². The Kier molecular flexibility index (Phi) is 21.5. The monoisotopic (exact) mass is 979 g/mol. The summed E-state index contributed by atoms with van der Waals surface area (Å²) in [6, 6.07) is 39.6. The van der Waals surface area contributed by atoms with E-state index >= 15 is 0 Å². The maximum atomic E-state index is 11.5. The molecule has 7 N–H and O–H groups in total. The molecule has 0 saturated heterocycles. The molecule has 0 heterocycles. The van der Waals surface area contributed by atoms with Gasteiger partial charge in [-0.1, -0.05) is 60.7 Å². The molecule has 15 nitrogen and oxygen atoms in total. The van der Waals surface area contributed by atoms with Gasteiger partial charge >= 0.3 is 5.97 Å². The number of carbonyl (C=O) groups is 3. The first kappa shape index (κ1) is 55.9. The first-order valence-corrected chi connectivity index (χ1v) is 24.2. The normalized spacial score (nSPS) is 17.2. The van der Waals surface area contributed by atoms with Crippen molar-refractivity contribution >= 4 is 17.7 Å². The minimum atomic E-state index is -0.310. The number of nitrogens with zero attached hydrogens (tertiary/aromatic N) is 5. The first-order chi connectivity index (χ1) is 35.4. The van der Waals surface area contributed by atoms with Crippen LogP contribution >= 0.6 is 0 Å². The molecule has 4 atom stereocenters. The molecule has 5 aromatic carbocycles. The van der Waals surface area contributed by atoms with E-state index in [0.29, 0.717) is 24.2 Å². The van der Waals surface area contributed by atoms with Crippen molar-refractivity contribution in [2.75, 3.05) is 34.0 Å². The van der Waals surface area contributed by atoms with Gasteiger partial charge in [0.25, 0.3) is 0 Å². The largest absolute Gasteiger partial charge is 0.464 e. The topological polar surface area (TPSA) is 288 Å². The van der Waals surface area contributed by atoms with E-state index in [9.17, 15) is 14.4 Å². The summed E-state index contributed by atoms with van der Waals surface area (Å²) in [5, 5.41) is 47.0. The van der Waals surface area contributed by atoms with Crippen LogP contribution < -0.4 is 22.5 Å². The van der Waals surface area contributed by atoms with Gasteiger partial charge < -0.3 is 36.7 Å². The van der Waals surface area contributed by atoms with Crippen LogP contribution in [0.4, 0.5) is 0 Å². The van der Waals surface area contributed by atoms with E-state index in [1.165, 1.54) is 14.2 Å². The number of ether oxygens (including phenoxy) is 3. The van der Waals surface area contributed by atoms with Crippen LogP contribution in [0.25, 0.3) is 0 Å². The van der Waals surface area contributed by atoms with E-state index in [4.69, 9.17) is 48.2 Å². The maximum Gasteiger partial charge on any atom is 0.332 e. The molecule has 374 valence electrons. The third-order valence-electron chi connectivity index (χ3n) is 13.1. The summed E-state index contributed by atoms with van der Waals surface area (Å²) in [6.45, 7) is 2.30. The van der Waals surface area contributed by atoms with E-state index in [1.54, 1.807) is 25.1 Å². The Balaban J connectivity index is 0.000000164. The summed E-state index contributed by atoms with van der Waals surface area (Å²) in [7, 11) is 2.95. The SMILES string of the molecule is CCOC(=O)COC.COCC(=O)N[C@@H]1CCc2c(C#N)cccc21.N#Cc1cccc2c1CCC2=O.N#Cc1cccc2c1CCC2N.N#Cc1cccc2c1CC[C@@H]2N.N#Cc1cccc2c1CC[C@@H]2N. The summed E-state index contributed by atoms with van der Waals surface area (Å²) >= 11 is 0. The molecular weight excluding hydrogens is 919 g/mol. The van der Waals surface area contributed by atoms with E-state index < -0.39 is 0 Å². The summed E-state index contributed by atoms with van der Waals surface area (Å²) in [5.74, 6) is -0.259. The molecular formula is C58H61N9O6. The molecule has 5 aliphatic rings. The van der Waals surface area contributed by atoms with Crippen LogP contribution in [0.5, 0.6) is 0 Å². The molecule has 1 unspecified atom stereocenters. The summed E-state index contributed by atoms with van der Waals surface area (Å²) in [6.07, 6.45) is 8.81. The quantitative estimate of drug-likeness (QED) is 0.119. The highest BCUT2D eigenvalue weighted by Gasteiger charge is 2.27. The molecule has 0 aromatic heterocycles. The molecule has 0 aliphatic heterocycles. The van der Waals surface area contributed by atoms with Crippen LogP contribution in [0, 0.1) is 56.7 Å². The van der Waals surface area contributed by atoms with Gasteiger partial charge in [0.2, 0.25) is 5.91 Å². The average Bonchev–Trinajstić information content (AvgIpc) is 4.27. The van der Waals surface area contributed by atoms with Crippen molar-refractivity contribution in [2.24, 2.45) is 17.2 Å². The van der Waals surface area contributed by atoms with Crippen LogP contribution in [0.15, 0.2) is 91.0 Å². The Bertz CT molecular complexity index is 2810. The number of hydrogen-bond donors (Lipinski definition) is 4. The number of carbonyl (C=O) groups excluding carboxylic acids is 3. The molecule has 0 fully saturated rings. The predicted octanol–water partition coefficient (Wildman–Crippen LogP) is 7.70. The molecule has 5 aromatic rings. The molecule has 10 rings (SSSR count). The van der Waals surface area contributed by atoms with Gasteiger partial charge in [-0.25, -0.2) is 4.79 Å². The number of amides is 1. The fourth-order valence-corrected chi connectivity index (χ4v) is 9.57. The van der Waals surface area contributed by atoms with Gasteiger partial charge in [0.1, 0.15) is 13.2 Å². The van der Waals surface area contributed by atoms with E-state index in [1.807, 2.05) is 72.8 Å². The van der Waals surface area contributed by atoms with Gasteiger partial charge in [-0.15, -0.1) is 0 Å². The molecule has 0 saturated carbocycles. The van der Waals surface area contributed by atoms with Crippen molar-refractivity contribution in [1.29, 1.82) is 26.3 Å². The van der Waals surface area contributed by atoms with Gasteiger partial charge in [0.05, 0.1) is 70.8 Å². The standard InChI is InChI=1S/C13H14N2O2.3C10H10N2.C10H7NO.C5H10O3/c1-17-8-13(16)15-12-6-5-10-9(7-14)3-2-4-11(10)12;4*11-6-7-2-1-3-9-8(7)4-5-10(9)12;1-3-8-5(6)4-7-2/h2-4,12H,5-6,8H2,1H3,(H,15,16);3*1-3,10H,4-5,12H2;1-3H,4-5H2;3-4H2,1-2H3/t12-;2*10-;;;/m100.../s1. The van der Waals surface area contributed by atoms with Crippen LogP contribution in [0.3, 0.4) is 0 Å². The smallest absolute Gasteiger partial charge is 0.332 e. The Morgan fingerprint density at radius 3 is 1.29 bits per heavy atom. The van der Waals surface area contributed by atoms with E-state index in [2.05, 4.69) is 45.1 Å². The number of nitrogens with two attached hydrogens (primary N) is 3. The third-order valence-corrected chi connectivity index (χ3v) is 13.1. The lowest BCUT2D eigenvalue weighted by atomic mass is 10.0. The lowest BCUT2D eigenvalue weighted by Gasteiger charge is -2.13. The molecule has 1 amide bonds. The fraction of sp³-hybridized carbons (Fsp3) is 0.345. The Morgan fingerprint density at radius 1 is 0.521 bits per heavy atom. The lowest BCUT2D eigenvalue weighted by molar-refractivity contribution is -0.147. The highest BCUT2D eigenvalue weighted by Crippen LogP contribution is 2.35. The zero-order valence-electron chi connectivity index (χ0n) is 41.6. The third kappa shape index (κ3) is 14.5. The predicted molar refractivity (Wildman–Crippen MR) is 274 cm³/mol. The van der Waals surface area contributed by atoms with Gasteiger partial charge in [-0.3, -0.25) is 9.59 Å². The van der Waals surface area contributed by atoms with Crippen LogP contribution in [0.2, 0.25) is 0 Å². The number of rotatable bonds is 6. The van der Waals surface area contributed by atoms with Crippen LogP contribution in [-0.4, -0.2) is 51.7 Å². The number of hydrogen-bond acceptors (Lipinski definition) is 14. The van der Waals surface area contributed by atoms with E-state index in [-0.39, 0.29) is 55.0 Å². The minimum Gasteiger partial charge on any atom is -0.464 e. The summed E-state index contributed by atoms with van der Waals surface area (Å²) in [5.41, 5.74) is 32.1. The highest BCUT2D eigenvalue weighted by molar-refractivity contribution is 6.01. The summed E-state index contributed by atoms with van der Waals surface area (Å²) < 4.78 is 13.8. The average molecular weight is 980 g/mol. The van der Waals surface area contributed by atoms with Crippen molar-refractivity contribution in [3.8, 4) is 30.3 Å². The fourth-order valence-electron chi connectivity index (χ4n) is 9.57. The maximum absolute atomic E-state index is 11.5. The molecule has 0 spiro atoms. The van der Waals surface area contributed by atoms with Crippen LogP contribution in [-0.2, 0) is 55.9 Å². The number of esters is 1. The second kappa shape index (κ2) is 28.1. The zero-order chi connectivity index (χ0) is 52.9. The minimum absolute atomic E-state index is 0.0148. The van der Waals surface area contributed by atoms with Crippen molar-refractivity contribution < 1.29 is 28.6 Å². The molecule has 73 heavy (non-hydrogen) atoms. The summed E-state index contributed by atoms with van der Waals surface area (Å²) in [4.78, 5) is 33.0. The van der Waals surface area contributed by atoms with Crippen molar-refractivity contribution in [3.05, 3.63) is 174 Å². The molecule has 0 radical (unpaired) electrons. The number of fused-ring (bicyclic) bond motifs is 5. The number of nitrogens with one attached hydrogen (secondary N) is 1. The van der Waals surface area contributed by atoms with Gasteiger partial charge in [-0.2, -0.15) is 26.3 Å². The van der Waals surface area contributed by atoms with Gasteiger partial charge in [0.15, 0.2) is 5.78 Å². The molecule has 0 bridgehead atoms. The van der Waals surface area contributed by atoms with Gasteiger partial charge in [-0.05, 0) is 145 Å². The first-order valence-electron chi connectivity index (χ1n) is 24.2. The zero-order valence-corrected chi connectivity index (χ0v) is 41.6. The van der Waals surface area contributed by atoms with Crippen molar-refractivity contribution in [3.63, 3.8) is 0 Å². The second-order valence-corrected chi connectivity index (χ2v) is 17.6. The number of benzene rings is 5. The van der Waals surface area contributed by atoms with Crippen molar-refractivity contribution in [1.82, 2.24) is 5.32 Å².